The molecule has 11 nitrogen and oxygen atoms in total. The number of amides is 2. The number of anilines is 2. The summed E-state index contributed by atoms with van der Waals surface area (Å²) >= 11 is 0. The first-order valence-electron chi connectivity index (χ1n) is 13.4. The molecule has 1 aliphatic carbocycles. The van der Waals surface area contributed by atoms with Crippen LogP contribution >= 0.6 is 0 Å². The molecule has 3 N–H and O–H groups in total. The molecule has 0 saturated heterocycles. The highest BCUT2D eigenvalue weighted by atomic mass is 16.5. The normalized spacial score (nSPS) is 15.1. The molecule has 4 aromatic rings. The van der Waals surface area contributed by atoms with Gasteiger partial charge in [0.2, 0.25) is 0 Å². The van der Waals surface area contributed by atoms with Crippen LogP contribution < -0.4 is 16.0 Å². The number of nitrogens with zero attached hydrogens (tertiary/aromatic N) is 5. The fourth-order valence-corrected chi connectivity index (χ4v) is 4.81. The predicted octanol–water partition coefficient (Wildman–Crippen LogP) is 4.28. The Labute approximate surface area is 238 Å². The number of hydrogen-bond donors (Lipinski definition) is 3. The zero-order valence-electron chi connectivity index (χ0n) is 23.8. The Morgan fingerprint density at radius 2 is 2.05 bits per heavy atom. The maximum Gasteiger partial charge on any atom is 0.255 e. The number of carbonyl (C=O) groups excluding carboxylic acids is 2. The summed E-state index contributed by atoms with van der Waals surface area (Å²) in [6.07, 6.45) is 12.9. The quantitative estimate of drug-likeness (QED) is 0.282. The van der Waals surface area contributed by atoms with Crippen molar-refractivity contribution in [2.75, 3.05) is 24.4 Å². The average Bonchev–Trinajstić information content (AvgIpc) is 3.59. The minimum atomic E-state index is -0.288. The lowest BCUT2D eigenvalue weighted by atomic mass is 9.80. The topological polar surface area (TPSA) is 127 Å². The zero-order valence-corrected chi connectivity index (χ0v) is 23.8. The molecule has 0 spiro atoms. The molecule has 1 aliphatic rings. The molecule has 0 unspecified atom stereocenters. The second kappa shape index (κ2) is 11.4. The molecular formula is C30H34N8O3. The van der Waals surface area contributed by atoms with Crippen LogP contribution in [0.2, 0.25) is 0 Å². The van der Waals surface area contributed by atoms with E-state index in [9.17, 15) is 9.59 Å². The minimum absolute atomic E-state index is 0.142. The maximum absolute atomic E-state index is 13.3. The van der Waals surface area contributed by atoms with Gasteiger partial charge in [-0.3, -0.25) is 9.59 Å². The Balaban J connectivity index is 1.39. The van der Waals surface area contributed by atoms with Gasteiger partial charge >= 0.3 is 0 Å². The highest BCUT2D eigenvalue weighted by Crippen LogP contribution is 2.37. The number of imidazole rings is 1. The number of nitrogens with one attached hydrogen (secondary N) is 3. The van der Waals surface area contributed by atoms with Crippen molar-refractivity contribution in [1.82, 2.24) is 29.5 Å². The molecule has 0 aliphatic heterocycles. The van der Waals surface area contributed by atoms with Gasteiger partial charge in [0.25, 0.3) is 11.8 Å². The third-order valence-electron chi connectivity index (χ3n) is 7.15. The van der Waals surface area contributed by atoms with Crippen LogP contribution in [0.4, 0.5) is 11.5 Å². The van der Waals surface area contributed by atoms with Crippen LogP contribution in [-0.2, 0) is 9.53 Å². The van der Waals surface area contributed by atoms with Crippen molar-refractivity contribution in [2.45, 2.75) is 40.2 Å². The van der Waals surface area contributed by atoms with Gasteiger partial charge in [0, 0.05) is 59.8 Å². The SMILES string of the molecule is COC[C@H](C)NC(=O)c1cn2ncnc(NC3=CC(C(=O)Nc4cccc(-n5ccnc5)c4)=CCC3(C)C)c2c1C. The fourth-order valence-electron chi connectivity index (χ4n) is 4.81. The van der Waals surface area contributed by atoms with Crippen LogP contribution in [0.15, 0.2) is 78.9 Å². The molecule has 41 heavy (non-hydrogen) atoms. The zero-order chi connectivity index (χ0) is 29.1. The smallest absolute Gasteiger partial charge is 0.255 e. The van der Waals surface area contributed by atoms with Gasteiger partial charge in [0.05, 0.1) is 18.5 Å². The highest BCUT2D eigenvalue weighted by molar-refractivity contribution is 6.06. The molecule has 3 aromatic heterocycles. The number of aryl methyl sites for hydroxylation is 1. The van der Waals surface area contributed by atoms with Gasteiger partial charge in [-0.15, -0.1) is 0 Å². The lowest BCUT2D eigenvalue weighted by Gasteiger charge is -2.31. The van der Waals surface area contributed by atoms with E-state index in [1.54, 1.807) is 30.3 Å². The lowest BCUT2D eigenvalue weighted by Crippen LogP contribution is -2.35. The Kier molecular flexibility index (Phi) is 7.71. The molecule has 5 rings (SSSR count). The van der Waals surface area contributed by atoms with Crippen molar-refractivity contribution >= 4 is 28.8 Å². The maximum atomic E-state index is 13.3. The second-order valence-corrected chi connectivity index (χ2v) is 10.8. The largest absolute Gasteiger partial charge is 0.383 e. The van der Waals surface area contributed by atoms with E-state index in [4.69, 9.17) is 4.74 Å². The third-order valence-corrected chi connectivity index (χ3v) is 7.15. The summed E-state index contributed by atoms with van der Waals surface area (Å²) in [5, 5.41) is 13.7. The van der Waals surface area contributed by atoms with E-state index in [-0.39, 0.29) is 23.3 Å². The van der Waals surface area contributed by atoms with E-state index in [2.05, 4.69) is 44.9 Å². The molecule has 2 amide bonds. The van der Waals surface area contributed by atoms with Gasteiger partial charge in [-0.05, 0) is 50.1 Å². The van der Waals surface area contributed by atoms with Gasteiger partial charge in [0.15, 0.2) is 5.82 Å². The number of fused-ring (bicyclic) bond motifs is 1. The van der Waals surface area contributed by atoms with Crippen molar-refractivity contribution < 1.29 is 14.3 Å². The van der Waals surface area contributed by atoms with Gasteiger partial charge in [-0.2, -0.15) is 5.10 Å². The van der Waals surface area contributed by atoms with Crippen LogP contribution in [-0.4, -0.2) is 55.7 Å². The Morgan fingerprint density at radius 3 is 2.80 bits per heavy atom. The number of aromatic nitrogens is 5. The van der Waals surface area contributed by atoms with E-state index in [0.717, 1.165) is 16.9 Å². The summed E-state index contributed by atoms with van der Waals surface area (Å²) in [5.74, 6) is 0.133. The summed E-state index contributed by atoms with van der Waals surface area (Å²) in [7, 11) is 1.60. The molecule has 212 valence electrons. The highest BCUT2D eigenvalue weighted by Gasteiger charge is 2.29. The summed E-state index contributed by atoms with van der Waals surface area (Å²) in [6.45, 7) is 8.37. The number of carbonyl (C=O) groups is 2. The first-order valence-corrected chi connectivity index (χ1v) is 13.4. The van der Waals surface area contributed by atoms with E-state index >= 15 is 0 Å². The average molecular weight is 555 g/mol. The number of ether oxygens (including phenoxy) is 1. The standard InChI is InChI=1S/C30H34N8O3/c1-19(16-41-5)34-29(40)24-15-38-26(20(24)2)27(32-17-33-38)36-25-13-21(9-10-30(25,3)4)28(39)35-22-7-6-8-23(14-22)37-12-11-31-18-37/h6-9,11-15,17-19H,10,16H2,1-5H3,(H,34,40)(H,35,39)(H,32,33,36)/t19-/m0/s1. The van der Waals surface area contributed by atoms with Crippen LogP contribution in [0.3, 0.4) is 0 Å². The second-order valence-electron chi connectivity index (χ2n) is 10.8. The molecule has 11 heteroatoms. The molecule has 0 saturated carbocycles. The number of benzene rings is 1. The van der Waals surface area contributed by atoms with Gasteiger partial charge < -0.3 is 25.3 Å². The fraction of sp³-hybridized carbons (Fsp3) is 0.300. The van der Waals surface area contributed by atoms with E-state index in [0.29, 0.717) is 41.2 Å². The minimum Gasteiger partial charge on any atom is -0.383 e. The van der Waals surface area contributed by atoms with Crippen molar-refractivity contribution in [2.24, 2.45) is 5.41 Å². The van der Waals surface area contributed by atoms with Gasteiger partial charge in [-0.1, -0.05) is 26.0 Å². The number of rotatable bonds is 9. The van der Waals surface area contributed by atoms with Crippen molar-refractivity contribution in [3.63, 3.8) is 0 Å². The van der Waals surface area contributed by atoms with Crippen LogP contribution in [0.25, 0.3) is 11.2 Å². The Bertz CT molecular complexity index is 1650. The summed E-state index contributed by atoms with van der Waals surface area (Å²) in [6, 6.07) is 7.44. The number of methoxy groups -OCH3 is 1. The van der Waals surface area contributed by atoms with E-state index < -0.39 is 0 Å². The van der Waals surface area contributed by atoms with Crippen LogP contribution in [0, 0.1) is 12.3 Å². The first-order chi connectivity index (χ1) is 19.7. The van der Waals surface area contributed by atoms with Crippen molar-refractivity contribution in [3.8, 4) is 5.69 Å². The summed E-state index contributed by atoms with van der Waals surface area (Å²) in [4.78, 5) is 34.9. The Morgan fingerprint density at radius 1 is 1.22 bits per heavy atom. The van der Waals surface area contributed by atoms with Crippen molar-refractivity contribution in [1.29, 1.82) is 0 Å². The molecule has 0 fully saturated rings. The predicted molar refractivity (Wildman–Crippen MR) is 157 cm³/mol. The lowest BCUT2D eigenvalue weighted by molar-refractivity contribution is -0.112. The van der Waals surface area contributed by atoms with Crippen molar-refractivity contribution in [3.05, 3.63) is 90.1 Å². The number of hydrogen-bond acceptors (Lipinski definition) is 7. The first kappa shape index (κ1) is 27.8. The van der Waals surface area contributed by atoms with Crippen LogP contribution in [0.5, 0.6) is 0 Å². The van der Waals surface area contributed by atoms with E-state index in [1.165, 1.54) is 6.33 Å². The molecule has 3 heterocycles. The third kappa shape index (κ3) is 5.90. The molecular weight excluding hydrogens is 520 g/mol. The summed E-state index contributed by atoms with van der Waals surface area (Å²) in [5.41, 5.74) is 4.61. The molecule has 0 radical (unpaired) electrons. The monoisotopic (exact) mass is 554 g/mol. The molecule has 1 aromatic carbocycles. The summed E-state index contributed by atoms with van der Waals surface area (Å²) < 4.78 is 8.66. The van der Waals surface area contributed by atoms with Crippen LogP contribution in [0.1, 0.15) is 43.1 Å². The molecule has 1 atom stereocenters. The number of allylic oxidation sites excluding steroid dienone is 2. The Hall–Kier alpha value is -4.77. The van der Waals surface area contributed by atoms with E-state index in [1.807, 2.05) is 61.0 Å². The molecule has 0 bridgehead atoms. The van der Waals surface area contributed by atoms with Gasteiger partial charge in [-0.25, -0.2) is 14.5 Å². The van der Waals surface area contributed by atoms with Gasteiger partial charge in [0.1, 0.15) is 11.8 Å².